The quantitative estimate of drug-likeness (QED) is 0.522. The molecule has 2 amide bonds. The maximum absolute atomic E-state index is 12.4. The molecule has 0 saturated heterocycles. The van der Waals surface area contributed by atoms with Crippen LogP contribution in [-0.4, -0.2) is 28.2 Å². The molecule has 0 atom stereocenters. The Kier molecular flexibility index (Phi) is 4.99. The monoisotopic (exact) mass is 366 g/mol. The number of hydrogen-bond acceptors (Lipinski definition) is 3. The van der Waals surface area contributed by atoms with Gasteiger partial charge in [-0.05, 0) is 54.8 Å². The van der Waals surface area contributed by atoms with Gasteiger partial charge in [0.05, 0.1) is 11.1 Å². The maximum Gasteiger partial charge on any atom is 0.261 e. The van der Waals surface area contributed by atoms with E-state index < -0.39 is 0 Å². The fourth-order valence-electron chi connectivity index (χ4n) is 3.27. The van der Waals surface area contributed by atoms with Crippen LogP contribution in [0.1, 0.15) is 43.8 Å². The molecular formula is C24H18N2O2. The molecule has 0 N–H and O–H groups in total. The van der Waals surface area contributed by atoms with Gasteiger partial charge in [-0.2, -0.15) is 0 Å². The Morgan fingerprint density at radius 3 is 2.18 bits per heavy atom. The number of carbonyl (C=O) groups is 2. The molecule has 3 aromatic rings. The van der Waals surface area contributed by atoms with E-state index in [1.165, 1.54) is 4.90 Å². The summed E-state index contributed by atoms with van der Waals surface area (Å²) in [5, 5.41) is 0. The Morgan fingerprint density at radius 2 is 1.46 bits per heavy atom. The summed E-state index contributed by atoms with van der Waals surface area (Å²) in [7, 11) is 0. The lowest BCUT2D eigenvalue weighted by molar-refractivity contribution is 0.0652. The Bertz CT molecular complexity index is 1060. The first-order valence-corrected chi connectivity index (χ1v) is 9.18. The van der Waals surface area contributed by atoms with Gasteiger partial charge < -0.3 is 0 Å². The van der Waals surface area contributed by atoms with Gasteiger partial charge in [-0.25, -0.2) is 0 Å². The summed E-state index contributed by atoms with van der Waals surface area (Å²) in [5.41, 5.74) is 4.00. The van der Waals surface area contributed by atoms with E-state index in [-0.39, 0.29) is 11.8 Å². The number of amides is 2. The van der Waals surface area contributed by atoms with Crippen molar-refractivity contribution < 1.29 is 9.59 Å². The zero-order valence-corrected chi connectivity index (χ0v) is 15.3. The first-order valence-electron chi connectivity index (χ1n) is 9.18. The fourth-order valence-corrected chi connectivity index (χ4v) is 3.27. The standard InChI is InChI=1S/C24H18N2O2/c27-23-21-8-1-2-9-22(21)24(28)26(23)16-4-7-19-5-3-6-20(17-19)11-10-18-12-14-25-15-13-18/h1-3,5-6,8-9,12-15,17H,4,7,16H2. The lowest BCUT2D eigenvalue weighted by Crippen LogP contribution is -2.30. The van der Waals surface area contributed by atoms with E-state index in [0.29, 0.717) is 24.1 Å². The second-order valence-electron chi connectivity index (χ2n) is 6.60. The van der Waals surface area contributed by atoms with Gasteiger partial charge in [0, 0.05) is 30.1 Å². The third-order valence-corrected chi connectivity index (χ3v) is 4.68. The van der Waals surface area contributed by atoms with Crippen LogP contribution in [0.2, 0.25) is 0 Å². The zero-order chi connectivity index (χ0) is 19.3. The van der Waals surface area contributed by atoms with Crippen molar-refractivity contribution in [1.29, 1.82) is 0 Å². The Balaban J connectivity index is 1.38. The van der Waals surface area contributed by atoms with Crippen LogP contribution in [0, 0.1) is 11.8 Å². The van der Waals surface area contributed by atoms with Crippen LogP contribution < -0.4 is 0 Å². The average Bonchev–Trinajstić information content (AvgIpc) is 2.98. The first-order chi connectivity index (χ1) is 13.7. The molecule has 136 valence electrons. The van der Waals surface area contributed by atoms with E-state index in [1.54, 1.807) is 36.7 Å². The van der Waals surface area contributed by atoms with Crippen molar-refractivity contribution in [2.45, 2.75) is 12.8 Å². The molecule has 0 radical (unpaired) electrons. The van der Waals surface area contributed by atoms with Crippen LogP contribution in [0.4, 0.5) is 0 Å². The molecule has 1 aliphatic heterocycles. The molecule has 4 heteroatoms. The van der Waals surface area contributed by atoms with Gasteiger partial charge in [0.1, 0.15) is 0 Å². The molecule has 0 saturated carbocycles. The highest BCUT2D eigenvalue weighted by Crippen LogP contribution is 2.22. The molecule has 28 heavy (non-hydrogen) atoms. The van der Waals surface area contributed by atoms with Gasteiger partial charge in [-0.3, -0.25) is 19.5 Å². The topological polar surface area (TPSA) is 50.3 Å². The van der Waals surface area contributed by atoms with Crippen molar-refractivity contribution in [1.82, 2.24) is 9.88 Å². The van der Waals surface area contributed by atoms with Gasteiger partial charge >= 0.3 is 0 Å². The number of fused-ring (bicyclic) bond motifs is 1. The molecular weight excluding hydrogens is 348 g/mol. The molecule has 4 rings (SSSR count). The summed E-state index contributed by atoms with van der Waals surface area (Å²) in [6.45, 7) is 0.416. The molecule has 4 nitrogen and oxygen atoms in total. The van der Waals surface area contributed by atoms with Gasteiger partial charge in [0.25, 0.3) is 11.8 Å². The molecule has 0 fully saturated rings. The van der Waals surface area contributed by atoms with Gasteiger partial charge in [0.15, 0.2) is 0 Å². The molecule has 2 heterocycles. The highest BCUT2D eigenvalue weighted by atomic mass is 16.2. The molecule has 0 bridgehead atoms. The number of aryl methyl sites for hydroxylation is 1. The number of imide groups is 1. The maximum atomic E-state index is 12.4. The minimum absolute atomic E-state index is 0.197. The van der Waals surface area contributed by atoms with Crippen molar-refractivity contribution in [3.05, 3.63) is 101 Å². The normalized spacial score (nSPS) is 12.5. The summed E-state index contributed by atoms with van der Waals surface area (Å²) in [6, 6.07) is 18.8. The van der Waals surface area contributed by atoms with E-state index in [0.717, 1.165) is 23.1 Å². The van der Waals surface area contributed by atoms with E-state index in [2.05, 4.69) is 22.9 Å². The van der Waals surface area contributed by atoms with E-state index in [9.17, 15) is 9.59 Å². The predicted molar refractivity (Wildman–Crippen MR) is 107 cm³/mol. The van der Waals surface area contributed by atoms with Crippen molar-refractivity contribution in [3.8, 4) is 11.8 Å². The highest BCUT2D eigenvalue weighted by Gasteiger charge is 2.34. The van der Waals surface area contributed by atoms with Crippen molar-refractivity contribution in [2.24, 2.45) is 0 Å². The lowest BCUT2D eigenvalue weighted by atomic mass is 10.1. The average molecular weight is 366 g/mol. The predicted octanol–water partition coefficient (Wildman–Crippen LogP) is 3.71. The van der Waals surface area contributed by atoms with E-state index in [4.69, 9.17) is 0 Å². The lowest BCUT2D eigenvalue weighted by Gasteiger charge is -2.13. The van der Waals surface area contributed by atoms with Crippen molar-refractivity contribution in [2.75, 3.05) is 6.54 Å². The van der Waals surface area contributed by atoms with Crippen molar-refractivity contribution >= 4 is 11.8 Å². The molecule has 1 aliphatic rings. The number of benzene rings is 2. The number of pyridine rings is 1. The van der Waals surface area contributed by atoms with Crippen LogP contribution >= 0.6 is 0 Å². The SMILES string of the molecule is O=C1c2ccccc2C(=O)N1CCCc1cccc(C#Cc2ccncc2)c1. The van der Waals surface area contributed by atoms with Crippen LogP contribution in [0.5, 0.6) is 0 Å². The molecule has 0 spiro atoms. The number of nitrogens with zero attached hydrogens (tertiary/aromatic N) is 2. The van der Waals surface area contributed by atoms with Gasteiger partial charge in [-0.15, -0.1) is 0 Å². The Labute approximate surface area is 163 Å². The summed E-state index contributed by atoms with van der Waals surface area (Å²) in [4.78, 5) is 30.1. The Morgan fingerprint density at radius 1 is 0.786 bits per heavy atom. The van der Waals surface area contributed by atoms with Crippen LogP contribution in [0.25, 0.3) is 0 Å². The summed E-state index contributed by atoms with van der Waals surface area (Å²) in [6.07, 6.45) is 4.93. The minimum atomic E-state index is -0.197. The summed E-state index contributed by atoms with van der Waals surface area (Å²) in [5.74, 6) is 5.89. The molecule has 2 aromatic carbocycles. The minimum Gasteiger partial charge on any atom is -0.274 e. The van der Waals surface area contributed by atoms with Crippen molar-refractivity contribution in [3.63, 3.8) is 0 Å². The number of rotatable bonds is 4. The molecule has 0 aliphatic carbocycles. The largest absolute Gasteiger partial charge is 0.274 e. The third kappa shape index (κ3) is 3.70. The third-order valence-electron chi connectivity index (χ3n) is 4.68. The second kappa shape index (κ2) is 7.89. The van der Waals surface area contributed by atoms with E-state index >= 15 is 0 Å². The smallest absolute Gasteiger partial charge is 0.261 e. The fraction of sp³-hybridized carbons (Fsp3) is 0.125. The van der Waals surface area contributed by atoms with Crippen LogP contribution in [-0.2, 0) is 6.42 Å². The van der Waals surface area contributed by atoms with Gasteiger partial charge in [0.2, 0.25) is 0 Å². The summed E-state index contributed by atoms with van der Waals surface area (Å²) < 4.78 is 0. The first kappa shape index (κ1) is 17.7. The molecule has 1 aromatic heterocycles. The highest BCUT2D eigenvalue weighted by molar-refractivity contribution is 6.21. The number of aromatic nitrogens is 1. The molecule has 0 unspecified atom stereocenters. The zero-order valence-electron chi connectivity index (χ0n) is 15.3. The summed E-state index contributed by atoms with van der Waals surface area (Å²) >= 11 is 0. The Hall–Kier alpha value is -3.71. The van der Waals surface area contributed by atoms with Gasteiger partial charge in [-0.1, -0.05) is 36.1 Å². The van der Waals surface area contributed by atoms with Crippen LogP contribution in [0.15, 0.2) is 73.1 Å². The second-order valence-corrected chi connectivity index (χ2v) is 6.60. The number of hydrogen-bond donors (Lipinski definition) is 0. The van der Waals surface area contributed by atoms with E-state index in [1.807, 2.05) is 30.3 Å². The van der Waals surface area contributed by atoms with Crippen LogP contribution in [0.3, 0.4) is 0 Å². The number of carbonyl (C=O) groups excluding carboxylic acids is 2.